The molecule has 0 amide bonds. The lowest BCUT2D eigenvalue weighted by Crippen LogP contribution is -2.25. The summed E-state index contributed by atoms with van der Waals surface area (Å²) in [7, 11) is 1.27. The fourth-order valence-corrected chi connectivity index (χ4v) is 2.57. The number of methoxy groups -OCH3 is 1. The summed E-state index contributed by atoms with van der Waals surface area (Å²) >= 11 is 0. The van der Waals surface area contributed by atoms with Crippen molar-refractivity contribution in [1.82, 2.24) is 0 Å². The molecule has 0 bridgehead atoms. The molecule has 0 aliphatic carbocycles. The Morgan fingerprint density at radius 2 is 2.00 bits per heavy atom. The second-order valence-corrected chi connectivity index (χ2v) is 4.99. The smallest absolute Gasteiger partial charge is 0.340 e. The van der Waals surface area contributed by atoms with Gasteiger partial charge in [-0.1, -0.05) is 30.3 Å². The van der Waals surface area contributed by atoms with Crippen LogP contribution in [-0.4, -0.2) is 18.2 Å². The maximum atomic E-state index is 12.0. The number of furan rings is 1. The first-order valence-electron chi connectivity index (χ1n) is 6.95. The largest absolute Gasteiger partial charge is 0.512 e. The van der Waals surface area contributed by atoms with Gasteiger partial charge in [0.05, 0.1) is 19.5 Å². The molecule has 1 aromatic carbocycles. The second-order valence-electron chi connectivity index (χ2n) is 4.99. The molecule has 5 heteroatoms. The van der Waals surface area contributed by atoms with Crippen LogP contribution in [0.2, 0.25) is 0 Å². The van der Waals surface area contributed by atoms with Crippen molar-refractivity contribution >= 4 is 5.97 Å². The average molecular weight is 300 g/mol. The zero-order valence-corrected chi connectivity index (χ0v) is 12.1. The summed E-state index contributed by atoms with van der Waals surface area (Å²) in [4.78, 5) is 12.0. The molecule has 0 unspecified atom stereocenters. The molecule has 22 heavy (non-hydrogen) atoms. The zero-order valence-electron chi connectivity index (χ0n) is 12.1. The van der Waals surface area contributed by atoms with Crippen LogP contribution in [0.4, 0.5) is 0 Å². The number of ether oxygens (including phenoxy) is 2. The average Bonchev–Trinajstić information content (AvgIpc) is 3.08. The normalized spacial score (nSPS) is 21.7. The van der Waals surface area contributed by atoms with Gasteiger partial charge in [-0.15, -0.1) is 0 Å². The summed E-state index contributed by atoms with van der Waals surface area (Å²) in [6.07, 6.45) is 0.564. The lowest BCUT2D eigenvalue weighted by atomic mass is 9.95. The van der Waals surface area contributed by atoms with E-state index in [1.807, 2.05) is 30.3 Å². The number of carbonyl (C=O) groups is 1. The van der Waals surface area contributed by atoms with Crippen molar-refractivity contribution in [2.75, 3.05) is 7.11 Å². The number of esters is 1. The quantitative estimate of drug-likeness (QED) is 0.879. The molecule has 1 aliphatic rings. The maximum Gasteiger partial charge on any atom is 0.340 e. The maximum absolute atomic E-state index is 12.0. The number of hydrogen-bond donors (Lipinski definition) is 1. The molecule has 0 fully saturated rings. The van der Waals surface area contributed by atoms with E-state index in [9.17, 15) is 9.90 Å². The van der Waals surface area contributed by atoms with Gasteiger partial charge in [-0.3, -0.25) is 0 Å². The van der Waals surface area contributed by atoms with Crippen molar-refractivity contribution < 1.29 is 23.8 Å². The molecule has 1 aromatic heterocycles. The van der Waals surface area contributed by atoms with E-state index in [0.717, 1.165) is 5.56 Å². The SMILES string of the molecule is COC(=O)C1=C(O)C[C@@H](c2ccccc2)O[C@H]1c1ccco1. The van der Waals surface area contributed by atoms with Crippen LogP contribution in [0.15, 0.2) is 64.5 Å². The molecular weight excluding hydrogens is 284 g/mol. The zero-order chi connectivity index (χ0) is 15.5. The van der Waals surface area contributed by atoms with E-state index in [2.05, 4.69) is 0 Å². The molecule has 5 nitrogen and oxygen atoms in total. The number of aliphatic hydroxyl groups is 1. The summed E-state index contributed by atoms with van der Waals surface area (Å²) in [6, 6.07) is 13.0. The van der Waals surface area contributed by atoms with Crippen molar-refractivity contribution in [3.63, 3.8) is 0 Å². The number of rotatable bonds is 3. The van der Waals surface area contributed by atoms with E-state index < -0.39 is 12.1 Å². The molecule has 3 rings (SSSR count). The molecule has 0 spiro atoms. The van der Waals surface area contributed by atoms with Crippen LogP contribution < -0.4 is 0 Å². The lowest BCUT2D eigenvalue weighted by molar-refractivity contribution is -0.140. The monoisotopic (exact) mass is 300 g/mol. The predicted octanol–water partition coefficient (Wildman–Crippen LogP) is 3.47. The first kappa shape index (κ1) is 14.4. The molecule has 2 heterocycles. The Morgan fingerprint density at radius 3 is 2.64 bits per heavy atom. The Bertz CT molecular complexity index is 672. The van der Waals surface area contributed by atoms with Crippen molar-refractivity contribution in [1.29, 1.82) is 0 Å². The Labute approximate surface area is 127 Å². The van der Waals surface area contributed by atoms with Gasteiger partial charge in [0, 0.05) is 6.42 Å². The number of aliphatic hydroxyl groups excluding tert-OH is 1. The topological polar surface area (TPSA) is 68.9 Å². The highest BCUT2D eigenvalue weighted by molar-refractivity contribution is 5.90. The Kier molecular flexibility index (Phi) is 3.98. The molecule has 0 radical (unpaired) electrons. The minimum absolute atomic E-state index is 0.0339. The molecule has 1 N–H and O–H groups in total. The van der Waals surface area contributed by atoms with E-state index in [1.54, 1.807) is 12.1 Å². The molecule has 114 valence electrons. The van der Waals surface area contributed by atoms with Gasteiger partial charge in [0.15, 0.2) is 6.10 Å². The minimum Gasteiger partial charge on any atom is -0.512 e. The van der Waals surface area contributed by atoms with Gasteiger partial charge in [-0.2, -0.15) is 0 Å². The summed E-state index contributed by atoms with van der Waals surface area (Å²) in [5.74, 6) is -0.202. The van der Waals surface area contributed by atoms with Gasteiger partial charge in [0.25, 0.3) is 0 Å². The van der Waals surface area contributed by atoms with Crippen molar-refractivity contribution in [3.8, 4) is 0 Å². The third-order valence-electron chi connectivity index (χ3n) is 3.63. The standard InChI is InChI=1S/C17H16O5/c1-20-17(19)15-12(18)10-14(11-6-3-2-4-7-11)22-16(15)13-8-5-9-21-13/h2-9,14,16,18H,10H2,1H3/t14-,16-/m0/s1. The van der Waals surface area contributed by atoms with Crippen molar-refractivity contribution in [2.24, 2.45) is 0 Å². The highest BCUT2D eigenvalue weighted by Crippen LogP contribution is 2.41. The molecule has 0 saturated carbocycles. The fraction of sp³-hybridized carbons (Fsp3) is 0.235. The van der Waals surface area contributed by atoms with Gasteiger partial charge in [0.1, 0.15) is 17.1 Å². The van der Waals surface area contributed by atoms with Crippen molar-refractivity contribution in [2.45, 2.75) is 18.6 Å². The van der Waals surface area contributed by atoms with E-state index in [0.29, 0.717) is 5.76 Å². The van der Waals surface area contributed by atoms with Crippen LogP contribution in [0.5, 0.6) is 0 Å². The lowest BCUT2D eigenvalue weighted by Gasteiger charge is -2.30. The van der Waals surface area contributed by atoms with E-state index >= 15 is 0 Å². The summed E-state index contributed by atoms with van der Waals surface area (Å²) in [5, 5.41) is 10.3. The highest BCUT2D eigenvalue weighted by atomic mass is 16.5. The fourth-order valence-electron chi connectivity index (χ4n) is 2.57. The predicted molar refractivity (Wildman–Crippen MR) is 78.0 cm³/mol. The van der Waals surface area contributed by atoms with Crippen LogP contribution in [0.25, 0.3) is 0 Å². The molecule has 1 aliphatic heterocycles. The van der Waals surface area contributed by atoms with Gasteiger partial charge in [-0.05, 0) is 17.7 Å². The minimum atomic E-state index is -0.790. The molecule has 0 saturated heterocycles. The summed E-state index contributed by atoms with van der Waals surface area (Å²) < 4.78 is 16.1. The molecular formula is C17H16O5. The number of benzene rings is 1. The molecule has 2 aromatic rings. The summed E-state index contributed by atoms with van der Waals surface area (Å²) in [6.45, 7) is 0. The van der Waals surface area contributed by atoms with Gasteiger partial charge in [-0.25, -0.2) is 4.79 Å². The van der Waals surface area contributed by atoms with Crippen LogP contribution in [0.3, 0.4) is 0 Å². The van der Waals surface area contributed by atoms with Gasteiger partial charge >= 0.3 is 5.97 Å². The first-order chi connectivity index (χ1) is 10.7. The summed E-state index contributed by atoms with van der Waals surface area (Å²) in [5.41, 5.74) is 1.01. The van der Waals surface area contributed by atoms with Crippen LogP contribution in [0.1, 0.15) is 30.0 Å². The Balaban J connectivity index is 2.00. The van der Waals surface area contributed by atoms with Crippen LogP contribution in [-0.2, 0) is 14.3 Å². The van der Waals surface area contributed by atoms with Crippen LogP contribution in [0, 0.1) is 0 Å². The highest BCUT2D eigenvalue weighted by Gasteiger charge is 2.37. The second kappa shape index (κ2) is 6.07. The Hall–Kier alpha value is -2.53. The number of carbonyl (C=O) groups excluding carboxylic acids is 1. The van der Waals surface area contributed by atoms with Crippen molar-refractivity contribution in [3.05, 3.63) is 71.4 Å². The van der Waals surface area contributed by atoms with Crippen LogP contribution >= 0.6 is 0 Å². The first-order valence-corrected chi connectivity index (χ1v) is 6.95. The Morgan fingerprint density at radius 1 is 1.23 bits per heavy atom. The van der Waals surface area contributed by atoms with E-state index in [-0.39, 0.29) is 23.9 Å². The molecule has 2 atom stereocenters. The van der Waals surface area contributed by atoms with E-state index in [4.69, 9.17) is 13.9 Å². The van der Waals surface area contributed by atoms with Gasteiger partial charge in [0.2, 0.25) is 0 Å². The third kappa shape index (κ3) is 2.63. The number of hydrogen-bond acceptors (Lipinski definition) is 5. The van der Waals surface area contributed by atoms with Gasteiger partial charge < -0.3 is 19.0 Å². The van der Waals surface area contributed by atoms with E-state index in [1.165, 1.54) is 13.4 Å². The third-order valence-corrected chi connectivity index (χ3v) is 3.63.